The molecule has 116 valence electrons. The first kappa shape index (κ1) is 14.9. The topological polar surface area (TPSA) is 35.5 Å². The van der Waals surface area contributed by atoms with Crippen molar-refractivity contribution >= 4 is 5.69 Å². The Balaban J connectivity index is 1.93. The Kier molecular flexibility index (Phi) is 4.81. The average Bonchev–Trinajstić information content (AvgIpc) is 2.83. The molecule has 1 aromatic rings. The lowest BCUT2D eigenvalue weighted by atomic mass is 10.00. The molecule has 1 aromatic carbocycles. The zero-order chi connectivity index (χ0) is 14.7. The first-order chi connectivity index (χ1) is 10.3. The summed E-state index contributed by atoms with van der Waals surface area (Å²) in [5, 5.41) is 14.0. The third-order valence-corrected chi connectivity index (χ3v) is 5.21. The summed E-state index contributed by atoms with van der Waals surface area (Å²) in [7, 11) is 2.05. The monoisotopic (exact) mass is 288 g/mol. The lowest BCUT2D eigenvalue weighted by Gasteiger charge is -2.36. The molecule has 3 nitrogen and oxygen atoms in total. The Morgan fingerprint density at radius 3 is 2.71 bits per heavy atom. The third-order valence-electron chi connectivity index (χ3n) is 5.21. The van der Waals surface area contributed by atoms with Crippen LogP contribution in [0, 0.1) is 0 Å². The second-order valence-corrected chi connectivity index (χ2v) is 6.51. The molecule has 1 heterocycles. The van der Waals surface area contributed by atoms with Crippen molar-refractivity contribution in [2.75, 3.05) is 18.5 Å². The summed E-state index contributed by atoms with van der Waals surface area (Å²) in [6.45, 7) is 1.07. The Morgan fingerprint density at radius 1 is 1.05 bits per heavy atom. The maximum Gasteiger partial charge on any atom is 0.0743 e. The minimum atomic E-state index is -0.174. The molecule has 1 aliphatic heterocycles. The summed E-state index contributed by atoms with van der Waals surface area (Å²) in [6, 6.07) is 9.49. The number of anilines is 1. The first-order valence-corrected chi connectivity index (χ1v) is 8.52. The van der Waals surface area contributed by atoms with Crippen molar-refractivity contribution in [2.45, 2.75) is 63.1 Å². The molecular formula is C18H28N2O. The number of hydrogen-bond acceptors (Lipinski definition) is 3. The standard InChI is InChI=1S/C18H28N2O/c1-19-15-9-7-13-20(16-10-6-5-8-14(15)16)17-11-3-2-4-12-18(17)21/h5-6,8,10,15,17-19,21H,2-4,7,9,11-13H2,1H3. The van der Waals surface area contributed by atoms with E-state index < -0.39 is 0 Å². The van der Waals surface area contributed by atoms with Crippen molar-refractivity contribution in [3.63, 3.8) is 0 Å². The summed E-state index contributed by atoms with van der Waals surface area (Å²) in [6.07, 6.45) is 7.95. The molecule has 1 fully saturated rings. The smallest absolute Gasteiger partial charge is 0.0743 e. The van der Waals surface area contributed by atoms with Crippen LogP contribution in [-0.2, 0) is 0 Å². The number of hydrogen-bond donors (Lipinski definition) is 2. The third kappa shape index (κ3) is 3.09. The van der Waals surface area contributed by atoms with Crippen LogP contribution in [0.5, 0.6) is 0 Å². The van der Waals surface area contributed by atoms with Crippen molar-refractivity contribution in [3.8, 4) is 0 Å². The normalized spacial score (nSPS) is 30.4. The van der Waals surface area contributed by atoms with Gasteiger partial charge in [-0.15, -0.1) is 0 Å². The van der Waals surface area contributed by atoms with Crippen LogP contribution in [0.1, 0.15) is 56.6 Å². The molecule has 1 saturated carbocycles. The number of fused-ring (bicyclic) bond motifs is 1. The fraction of sp³-hybridized carbons (Fsp3) is 0.667. The van der Waals surface area contributed by atoms with Gasteiger partial charge in [0.2, 0.25) is 0 Å². The van der Waals surface area contributed by atoms with Gasteiger partial charge in [-0.05, 0) is 44.4 Å². The molecule has 2 N–H and O–H groups in total. The summed E-state index contributed by atoms with van der Waals surface area (Å²) >= 11 is 0. The van der Waals surface area contributed by atoms with E-state index in [0.717, 1.165) is 19.4 Å². The number of benzene rings is 1. The molecule has 0 saturated heterocycles. The van der Waals surface area contributed by atoms with Crippen molar-refractivity contribution in [1.82, 2.24) is 5.32 Å². The van der Waals surface area contributed by atoms with E-state index in [4.69, 9.17) is 0 Å². The molecule has 21 heavy (non-hydrogen) atoms. The summed E-state index contributed by atoms with van der Waals surface area (Å²) < 4.78 is 0. The molecule has 3 rings (SSSR count). The molecule has 0 spiro atoms. The molecule has 3 atom stereocenters. The maximum atomic E-state index is 10.6. The molecule has 0 bridgehead atoms. The van der Waals surface area contributed by atoms with Gasteiger partial charge in [0.05, 0.1) is 12.1 Å². The number of aliphatic hydroxyl groups excluding tert-OH is 1. The second kappa shape index (κ2) is 6.80. The highest BCUT2D eigenvalue weighted by Gasteiger charge is 2.31. The number of para-hydroxylation sites is 1. The van der Waals surface area contributed by atoms with Crippen LogP contribution in [0.25, 0.3) is 0 Å². The Labute approximate surface area is 128 Å². The van der Waals surface area contributed by atoms with E-state index >= 15 is 0 Å². The molecule has 1 aliphatic carbocycles. The van der Waals surface area contributed by atoms with E-state index in [-0.39, 0.29) is 6.10 Å². The minimum Gasteiger partial charge on any atom is -0.391 e. The SMILES string of the molecule is CNC1CCCN(C2CCCCCC2O)c2ccccc21. The van der Waals surface area contributed by atoms with Crippen LogP contribution in [-0.4, -0.2) is 30.8 Å². The molecule has 0 amide bonds. The van der Waals surface area contributed by atoms with Crippen LogP contribution in [0.3, 0.4) is 0 Å². The van der Waals surface area contributed by atoms with E-state index in [1.165, 1.54) is 43.4 Å². The van der Waals surface area contributed by atoms with Gasteiger partial charge >= 0.3 is 0 Å². The largest absolute Gasteiger partial charge is 0.391 e. The van der Waals surface area contributed by atoms with Crippen molar-refractivity contribution in [1.29, 1.82) is 0 Å². The van der Waals surface area contributed by atoms with Crippen LogP contribution < -0.4 is 10.2 Å². The van der Waals surface area contributed by atoms with E-state index in [2.05, 4.69) is 41.5 Å². The molecular weight excluding hydrogens is 260 g/mol. The predicted molar refractivity (Wildman–Crippen MR) is 87.7 cm³/mol. The molecule has 2 aliphatic rings. The van der Waals surface area contributed by atoms with Gasteiger partial charge in [0.1, 0.15) is 0 Å². The lowest BCUT2D eigenvalue weighted by Crippen LogP contribution is -2.43. The highest BCUT2D eigenvalue weighted by atomic mass is 16.3. The number of nitrogens with zero attached hydrogens (tertiary/aromatic N) is 1. The van der Waals surface area contributed by atoms with Crippen molar-refractivity contribution in [2.24, 2.45) is 0 Å². The quantitative estimate of drug-likeness (QED) is 0.820. The van der Waals surface area contributed by atoms with E-state index in [0.29, 0.717) is 12.1 Å². The number of nitrogens with one attached hydrogen (secondary N) is 1. The molecule has 0 radical (unpaired) electrons. The number of rotatable bonds is 2. The highest BCUT2D eigenvalue weighted by molar-refractivity contribution is 5.57. The highest BCUT2D eigenvalue weighted by Crippen LogP contribution is 2.36. The minimum absolute atomic E-state index is 0.174. The first-order valence-electron chi connectivity index (χ1n) is 8.52. The van der Waals surface area contributed by atoms with E-state index in [1.807, 2.05) is 0 Å². The van der Waals surface area contributed by atoms with Gasteiger partial charge in [0.15, 0.2) is 0 Å². The Bertz CT molecular complexity index is 462. The fourth-order valence-corrected chi connectivity index (χ4v) is 4.06. The van der Waals surface area contributed by atoms with Crippen molar-refractivity contribution < 1.29 is 5.11 Å². The van der Waals surface area contributed by atoms with Gasteiger partial charge in [0.25, 0.3) is 0 Å². The maximum absolute atomic E-state index is 10.6. The summed E-state index contributed by atoms with van der Waals surface area (Å²) in [4.78, 5) is 2.50. The summed E-state index contributed by atoms with van der Waals surface area (Å²) in [5.41, 5.74) is 2.73. The van der Waals surface area contributed by atoms with Gasteiger partial charge in [-0.3, -0.25) is 0 Å². The predicted octanol–water partition coefficient (Wildman–Crippen LogP) is 3.24. The van der Waals surface area contributed by atoms with Gasteiger partial charge in [0, 0.05) is 18.3 Å². The Hall–Kier alpha value is -1.06. The Morgan fingerprint density at radius 2 is 1.86 bits per heavy atom. The molecule has 3 unspecified atom stereocenters. The van der Waals surface area contributed by atoms with E-state index in [1.54, 1.807) is 0 Å². The van der Waals surface area contributed by atoms with Gasteiger partial charge in [-0.2, -0.15) is 0 Å². The van der Waals surface area contributed by atoms with Crippen molar-refractivity contribution in [3.05, 3.63) is 29.8 Å². The summed E-state index contributed by atoms with van der Waals surface area (Å²) in [5.74, 6) is 0. The number of aliphatic hydroxyl groups is 1. The van der Waals surface area contributed by atoms with Crippen LogP contribution in [0.4, 0.5) is 5.69 Å². The zero-order valence-corrected chi connectivity index (χ0v) is 13.1. The zero-order valence-electron chi connectivity index (χ0n) is 13.1. The molecule has 3 heteroatoms. The lowest BCUT2D eigenvalue weighted by molar-refractivity contribution is 0.132. The second-order valence-electron chi connectivity index (χ2n) is 6.51. The van der Waals surface area contributed by atoms with Crippen LogP contribution in [0.2, 0.25) is 0 Å². The molecule has 0 aromatic heterocycles. The van der Waals surface area contributed by atoms with Gasteiger partial charge < -0.3 is 15.3 Å². The van der Waals surface area contributed by atoms with Crippen LogP contribution in [0.15, 0.2) is 24.3 Å². The van der Waals surface area contributed by atoms with E-state index in [9.17, 15) is 5.11 Å². The average molecular weight is 288 g/mol. The van der Waals surface area contributed by atoms with Gasteiger partial charge in [-0.1, -0.05) is 37.5 Å². The fourth-order valence-electron chi connectivity index (χ4n) is 4.06. The van der Waals surface area contributed by atoms with Crippen LogP contribution >= 0.6 is 0 Å². The van der Waals surface area contributed by atoms with Gasteiger partial charge in [-0.25, -0.2) is 0 Å².